The first-order chi connectivity index (χ1) is 15.8. The predicted molar refractivity (Wildman–Crippen MR) is 149 cm³/mol. The van der Waals surface area contributed by atoms with Crippen molar-refractivity contribution in [3.8, 4) is 0 Å². The van der Waals surface area contributed by atoms with E-state index in [1.165, 1.54) is 77.0 Å². The van der Waals surface area contributed by atoms with Gasteiger partial charge in [0.15, 0.2) is 0 Å². The van der Waals surface area contributed by atoms with Crippen LogP contribution in [0.1, 0.15) is 142 Å². The molecule has 0 atom stereocenters. The van der Waals surface area contributed by atoms with Gasteiger partial charge in [0.2, 0.25) is 0 Å². The Hall–Kier alpha value is 2.42. The summed E-state index contributed by atoms with van der Waals surface area (Å²) in [7, 11) is -9.25. The van der Waals surface area contributed by atoms with Crippen LogP contribution < -0.4 is 0 Å². The van der Waals surface area contributed by atoms with E-state index in [4.69, 9.17) is 0 Å². The molecule has 0 rings (SSSR count). The second-order valence-corrected chi connectivity index (χ2v) is 11.5. The van der Waals surface area contributed by atoms with Crippen LogP contribution in [-0.4, -0.2) is 111 Å². The van der Waals surface area contributed by atoms with Gasteiger partial charge in [0.1, 0.15) is 0 Å². The van der Waals surface area contributed by atoms with Gasteiger partial charge >= 0.3 is 102 Å². The first-order valence-electron chi connectivity index (χ1n) is 13.3. The normalized spacial score (nSPS) is 11.7. The molecule has 35 heavy (non-hydrogen) atoms. The molecule has 7 nitrogen and oxygen atoms in total. The molecule has 0 heterocycles. The fourth-order valence-corrected chi connectivity index (χ4v) is 5.42. The quantitative estimate of drug-likeness (QED) is 0.0908. The molecule has 204 valence electrons. The van der Waals surface area contributed by atoms with Crippen LogP contribution in [0.3, 0.4) is 0 Å². The van der Waals surface area contributed by atoms with E-state index in [-0.39, 0.29) is 94.2 Å². The van der Waals surface area contributed by atoms with Crippen LogP contribution in [0, 0.1) is 0 Å². The van der Waals surface area contributed by atoms with E-state index in [0.29, 0.717) is 12.8 Å². The summed E-state index contributed by atoms with van der Waals surface area (Å²) >= 11 is 0. The Labute approximate surface area is 282 Å². The third-order valence-electron chi connectivity index (χ3n) is 5.62. The third-order valence-corrected chi connectivity index (χ3v) is 7.86. The summed E-state index contributed by atoms with van der Waals surface area (Å²) in [5.41, 5.74) is 0. The molecule has 0 aromatic rings. The summed E-state index contributed by atoms with van der Waals surface area (Å²) in [6, 6.07) is 0. The van der Waals surface area contributed by atoms with Crippen molar-refractivity contribution < 1.29 is 28.8 Å². The van der Waals surface area contributed by atoms with E-state index in [1.54, 1.807) is 0 Å². The monoisotopic (exact) mass is 578 g/mol. The fourth-order valence-electron chi connectivity index (χ4n) is 3.64. The van der Waals surface area contributed by atoms with Crippen LogP contribution in [0.5, 0.6) is 0 Å². The molecular formula is C24H52KNaO7S2. The van der Waals surface area contributed by atoms with Gasteiger partial charge in [-0.05, 0) is 12.8 Å². The molecule has 0 unspecified atom stereocenters. The van der Waals surface area contributed by atoms with Crippen LogP contribution in [0.25, 0.3) is 0 Å². The molecule has 0 N–H and O–H groups in total. The van der Waals surface area contributed by atoms with Crippen LogP contribution >= 0.6 is 0 Å². The van der Waals surface area contributed by atoms with Gasteiger partial charge in [-0.15, -0.1) is 3.63 Å². The first-order valence-corrected chi connectivity index (χ1v) is 16.0. The predicted octanol–water partition coefficient (Wildman–Crippen LogP) is 6.07. The van der Waals surface area contributed by atoms with Crippen molar-refractivity contribution in [2.75, 3.05) is 13.2 Å². The van der Waals surface area contributed by atoms with Crippen molar-refractivity contribution in [3.63, 3.8) is 0 Å². The summed E-state index contributed by atoms with van der Waals surface area (Å²) < 4.78 is 60.2. The average Bonchev–Trinajstić information content (AvgIpc) is 2.75. The molecule has 0 fully saturated rings. The number of hydrogen-bond donors (Lipinski definition) is 0. The molecule has 11 heteroatoms. The first kappa shape index (κ1) is 41.9. The molecule has 0 aliphatic carbocycles. The van der Waals surface area contributed by atoms with Gasteiger partial charge in [-0.25, -0.2) is 8.37 Å². The van der Waals surface area contributed by atoms with Gasteiger partial charge in [0.25, 0.3) is 0 Å². The van der Waals surface area contributed by atoms with E-state index in [2.05, 4.69) is 25.8 Å². The van der Waals surface area contributed by atoms with Crippen molar-refractivity contribution in [2.24, 2.45) is 0 Å². The molecule has 0 bridgehead atoms. The fraction of sp³-hybridized carbons (Fsp3) is 1.00. The minimum atomic E-state index is -4.63. The van der Waals surface area contributed by atoms with Gasteiger partial charge in [0.05, 0.1) is 13.2 Å². The maximum absolute atomic E-state index is 11.7. The molecular weight excluding hydrogens is 526 g/mol. The summed E-state index contributed by atoms with van der Waals surface area (Å²) in [5.74, 6) is 0. The SMILES string of the molecule is CCCCCCCCCCCCOS(=O)(=O)OS(=O)(=O)OCCCCCCCCCCCC.[KH].[NaH]. The number of unbranched alkanes of at least 4 members (excludes halogenated alkanes) is 18. The zero-order chi connectivity index (χ0) is 24.7. The van der Waals surface area contributed by atoms with Gasteiger partial charge in [-0.3, -0.25) is 0 Å². The Bertz CT molecular complexity index is 578. The Morgan fingerprint density at radius 2 is 0.657 bits per heavy atom. The topological polar surface area (TPSA) is 96.0 Å². The van der Waals surface area contributed by atoms with Crippen molar-refractivity contribution in [1.29, 1.82) is 0 Å². The summed E-state index contributed by atoms with van der Waals surface area (Å²) in [6.45, 7) is 4.23. The maximum atomic E-state index is 11.7. The van der Waals surface area contributed by atoms with Gasteiger partial charge in [0, 0.05) is 0 Å². The second kappa shape index (κ2) is 29.4. The van der Waals surface area contributed by atoms with Crippen molar-refractivity contribution in [3.05, 3.63) is 0 Å². The van der Waals surface area contributed by atoms with Crippen LogP contribution in [0.15, 0.2) is 0 Å². The van der Waals surface area contributed by atoms with E-state index in [9.17, 15) is 16.8 Å². The van der Waals surface area contributed by atoms with Gasteiger partial charge in [-0.2, -0.15) is 16.8 Å². The Kier molecular flexibility index (Phi) is 35.2. The number of hydrogen-bond acceptors (Lipinski definition) is 7. The molecule has 0 aromatic carbocycles. The molecule has 0 aromatic heterocycles. The standard InChI is InChI=1S/C24H50O7S2.K.Na.2H/c1-3-5-7-9-11-13-15-17-19-21-23-29-32(25,26)31-33(27,28)30-24-22-20-18-16-14-12-10-8-6-4-2;;;;/h3-24H2,1-2H3;;;;. The van der Waals surface area contributed by atoms with Gasteiger partial charge < -0.3 is 0 Å². The Morgan fingerprint density at radius 3 is 0.914 bits per heavy atom. The number of rotatable bonds is 26. The van der Waals surface area contributed by atoms with Gasteiger partial charge in [-0.1, -0.05) is 129 Å². The Balaban J connectivity index is -0.00000512. The molecule has 0 radical (unpaired) electrons. The van der Waals surface area contributed by atoms with E-state index < -0.39 is 20.8 Å². The molecule has 0 saturated carbocycles. The molecule has 0 amide bonds. The van der Waals surface area contributed by atoms with E-state index in [1.807, 2.05) is 0 Å². The average molecular weight is 579 g/mol. The van der Waals surface area contributed by atoms with Crippen LogP contribution in [-0.2, 0) is 32.8 Å². The molecule has 0 saturated heterocycles. The van der Waals surface area contributed by atoms with E-state index >= 15 is 0 Å². The van der Waals surface area contributed by atoms with Crippen molar-refractivity contribution in [1.82, 2.24) is 0 Å². The molecule has 0 aliphatic heterocycles. The minimum absolute atomic E-state index is 0. The van der Waals surface area contributed by atoms with Crippen molar-refractivity contribution >= 4 is 102 Å². The second-order valence-electron chi connectivity index (χ2n) is 8.89. The van der Waals surface area contributed by atoms with Crippen LogP contribution in [0.2, 0.25) is 0 Å². The Morgan fingerprint density at radius 1 is 0.429 bits per heavy atom. The van der Waals surface area contributed by atoms with Crippen LogP contribution in [0.4, 0.5) is 0 Å². The zero-order valence-corrected chi connectivity index (χ0v) is 22.9. The molecule has 0 aliphatic rings. The summed E-state index contributed by atoms with van der Waals surface area (Å²) in [6.07, 6.45) is 22.2. The van der Waals surface area contributed by atoms with Crippen molar-refractivity contribution in [2.45, 2.75) is 142 Å². The summed E-state index contributed by atoms with van der Waals surface area (Å²) in [4.78, 5) is 0. The van der Waals surface area contributed by atoms with E-state index in [0.717, 1.165) is 38.5 Å². The zero-order valence-electron chi connectivity index (χ0n) is 21.2. The summed E-state index contributed by atoms with van der Waals surface area (Å²) in [5, 5.41) is 0. The molecule has 0 spiro atoms. The third kappa shape index (κ3) is 32.5.